The van der Waals surface area contributed by atoms with Crippen molar-refractivity contribution in [1.82, 2.24) is 4.90 Å². The van der Waals surface area contributed by atoms with Crippen molar-refractivity contribution in [3.63, 3.8) is 0 Å². The Morgan fingerprint density at radius 2 is 1.82 bits per heavy atom. The third-order valence-corrected chi connectivity index (χ3v) is 6.75. The molecule has 3 heterocycles. The molecule has 6 nitrogen and oxygen atoms in total. The Balaban J connectivity index is 1.41. The SMILES string of the molecule is COc1ccc(N=C2S/C(=C\c3ccc(N4CCCC4)cc3)C(=O)N2Cc2ccco2)cc1. The van der Waals surface area contributed by atoms with Crippen molar-refractivity contribution in [1.29, 1.82) is 0 Å². The van der Waals surface area contributed by atoms with Crippen molar-refractivity contribution in [2.24, 2.45) is 4.99 Å². The van der Waals surface area contributed by atoms with Gasteiger partial charge in [0.2, 0.25) is 0 Å². The molecule has 2 saturated heterocycles. The van der Waals surface area contributed by atoms with Gasteiger partial charge in [0, 0.05) is 18.8 Å². The lowest BCUT2D eigenvalue weighted by atomic mass is 10.2. The largest absolute Gasteiger partial charge is 0.497 e. The predicted molar refractivity (Wildman–Crippen MR) is 133 cm³/mol. The van der Waals surface area contributed by atoms with E-state index < -0.39 is 0 Å². The molecule has 7 heteroatoms. The molecule has 5 rings (SSSR count). The fraction of sp³-hybridized carbons (Fsp3) is 0.231. The Morgan fingerprint density at radius 3 is 2.48 bits per heavy atom. The monoisotopic (exact) mass is 459 g/mol. The first-order chi connectivity index (χ1) is 16.2. The third kappa shape index (κ3) is 4.83. The lowest BCUT2D eigenvalue weighted by Gasteiger charge is -2.17. The fourth-order valence-corrected chi connectivity index (χ4v) is 4.96. The summed E-state index contributed by atoms with van der Waals surface area (Å²) in [6.45, 7) is 2.56. The number of carbonyl (C=O) groups is 1. The van der Waals surface area contributed by atoms with Crippen LogP contribution in [-0.4, -0.2) is 36.2 Å². The number of methoxy groups -OCH3 is 1. The molecule has 0 aliphatic carbocycles. The Kier molecular flexibility index (Phi) is 6.21. The lowest BCUT2D eigenvalue weighted by molar-refractivity contribution is -0.122. The van der Waals surface area contributed by atoms with Crippen LogP contribution in [0.2, 0.25) is 0 Å². The number of aliphatic imine (C=N–C) groups is 1. The van der Waals surface area contributed by atoms with Crippen LogP contribution in [-0.2, 0) is 11.3 Å². The number of carbonyl (C=O) groups excluding carboxylic acids is 1. The zero-order chi connectivity index (χ0) is 22.6. The zero-order valence-electron chi connectivity index (χ0n) is 18.4. The van der Waals surface area contributed by atoms with Crippen LogP contribution in [0, 0.1) is 0 Å². The molecule has 3 aromatic rings. The standard InChI is InChI=1S/C26H25N3O3S/c1-31-22-12-8-20(9-13-22)27-26-29(18-23-5-4-16-32-23)25(30)24(33-26)17-19-6-10-21(11-7-19)28-14-2-3-15-28/h4-13,16-17H,2-3,14-15,18H2,1H3/b24-17-,27-26?. The molecule has 0 atom stereocenters. The highest BCUT2D eigenvalue weighted by atomic mass is 32.2. The summed E-state index contributed by atoms with van der Waals surface area (Å²) in [6.07, 6.45) is 6.05. The van der Waals surface area contributed by atoms with Gasteiger partial charge < -0.3 is 14.1 Å². The summed E-state index contributed by atoms with van der Waals surface area (Å²) in [5.74, 6) is 1.40. The summed E-state index contributed by atoms with van der Waals surface area (Å²) in [5, 5.41) is 0.626. The maximum Gasteiger partial charge on any atom is 0.267 e. The minimum atomic E-state index is -0.0766. The van der Waals surface area contributed by atoms with Gasteiger partial charge in [-0.2, -0.15) is 0 Å². The Bertz CT molecular complexity index is 1160. The van der Waals surface area contributed by atoms with E-state index in [-0.39, 0.29) is 5.91 Å². The van der Waals surface area contributed by atoms with Gasteiger partial charge in [0.25, 0.3) is 5.91 Å². The highest BCUT2D eigenvalue weighted by molar-refractivity contribution is 8.18. The first-order valence-corrected chi connectivity index (χ1v) is 11.8. The van der Waals surface area contributed by atoms with Crippen LogP contribution in [0.25, 0.3) is 6.08 Å². The molecule has 1 amide bonds. The van der Waals surface area contributed by atoms with Crippen LogP contribution in [0.15, 0.2) is 81.2 Å². The van der Waals surface area contributed by atoms with Crippen LogP contribution in [0.1, 0.15) is 24.2 Å². The number of rotatable bonds is 6. The Hall–Kier alpha value is -3.45. The van der Waals surface area contributed by atoms with Gasteiger partial charge in [0.1, 0.15) is 11.5 Å². The quantitative estimate of drug-likeness (QED) is 0.443. The van der Waals surface area contributed by atoms with Crippen molar-refractivity contribution >= 4 is 40.3 Å². The molecule has 0 N–H and O–H groups in total. The highest BCUT2D eigenvalue weighted by Crippen LogP contribution is 2.35. The van der Waals surface area contributed by atoms with Gasteiger partial charge in [-0.25, -0.2) is 4.99 Å². The first-order valence-electron chi connectivity index (χ1n) is 11.0. The molecule has 0 saturated carbocycles. The number of benzene rings is 2. The molecule has 0 unspecified atom stereocenters. The number of hydrogen-bond donors (Lipinski definition) is 0. The van der Waals surface area contributed by atoms with E-state index in [2.05, 4.69) is 29.2 Å². The predicted octanol–water partition coefficient (Wildman–Crippen LogP) is 5.69. The highest BCUT2D eigenvalue weighted by Gasteiger charge is 2.34. The summed E-state index contributed by atoms with van der Waals surface area (Å²) in [5.41, 5.74) is 2.99. The minimum absolute atomic E-state index is 0.0766. The molecular formula is C26H25N3O3S. The molecule has 2 aromatic carbocycles. The summed E-state index contributed by atoms with van der Waals surface area (Å²) >= 11 is 1.38. The summed E-state index contributed by atoms with van der Waals surface area (Å²) in [4.78, 5) is 22.7. The van der Waals surface area contributed by atoms with E-state index in [4.69, 9.17) is 14.1 Å². The number of amides is 1. The van der Waals surface area contributed by atoms with Gasteiger partial charge in [0.15, 0.2) is 5.17 Å². The van der Waals surface area contributed by atoms with E-state index in [0.717, 1.165) is 30.1 Å². The lowest BCUT2D eigenvalue weighted by Crippen LogP contribution is -2.28. The van der Waals surface area contributed by atoms with Crippen LogP contribution in [0.5, 0.6) is 5.75 Å². The fourth-order valence-electron chi connectivity index (χ4n) is 3.96. The number of thioether (sulfide) groups is 1. The second-order valence-electron chi connectivity index (χ2n) is 7.96. The summed E-state index contributed by atoms with van der Waals surface area (Å²) < 4.78 is 10.7. The normalized spacial score (nSPS) is 18.6. The maximum absolute atomic E-state index is 13.3. The van der Waals surface area contributed by atoms with Crippen LogP contribution < -0.4 is 9.64 Å². The van der Waals surface area contributed by atoms with Gasteiger partial charge >= 0.3 is 0 Å². The van der Waals surface area contributed by atoms with E-state index >= 15 is 0 Å². The van der Waals surface area contributed by atoms with Crippen molar-refractivity contribution in [2.75, 3.05) is 25.1 Å². The van der Waals surface area contributed by atoms with Gasteiger partial charge in [-0.1, -0.05) is 12.1 Å². The zero-order valence-corrected chi connectivity index (χ0v) is 19.3. The average molecular weight is 460 g/mol. The van der Waals surface area contributed by atoms with E-state index in [0.29, 0.717) is 22.4 Å². The molecule has 2 fully saturated rings. The van der Waals surface area contributed by atoms with Crippen LogP contribution >= 0.6 is 11.8 Å². The van der Waals surface area contributed by atoms with E-state index in [1.165, 1.54) is 30.3 Å². The summed E-state index contributed by atoms with van der Waals surface area (Å²) in [7, 11) is 1.63. The number of amidine groups is 1. The van der Waals surface area contributed by atoms with Crippen molar-refractivity contribution in [3.8, 4) is 5.75 Å². The molecule has 1 aromatic heterocycles. The topological polar surface area (TPSA) is 58.3 Å². The van der Waals surface area contributed by atoms with Gasteiger partial charge in [-0.15, -0.1) is 0 Å². The van der Waals surface area contributed by atoms with Crippen molar-refractivity contribution in [2.45, 2.75) is 19.4 Å². The van der Waals surface area contributed by atoms with E-state index in [9.17, 15) is 4.79 Å². The maximum atomic E-state index is 13.3. The molecule has 0 radical (unpaired) electrons. The van der Waals surface area contributed by atoms with Crippen LogP contribution in [0.3, 0.4) is 0 Å². The van der Waals surface area contributed by atoms with Crippen molar-refractivity contribution < 1.29 is 13.9 Å². The first kappa shape index (κ1) is 21.4. The Labute approximate surface area is 197 Å². The number of anilines is 1. The average Bonchev–Trinajstić information content (AvgIpc) is 3.61. The van der Waals surface area contributed by atoms with E-state index in [1.54, 1.807) is 18.3 Å². The van der Waals surface area contributed by atoms with Crippen LogP contribution in [0.4, 0.5) is 11.4 Å². The number of nitrogens with zero attached hydrogens (tertiary/aromatic N) is 3. The second-order valence-corrected chi connectivity index (χ2v) is 8.97. The number of ether oxygens (including phenoxy) is 1. The summed E-state index contributed by atoms with van der Waals surface area (Å²) in [6, 6.07) is 19.6. The second kappa shape index (κ2) is 9.58. The molecule has 0 spiro atoms. The molecule has 168 valence electrons. The molecule has 33 heavy (non-hydrogen) atoms. The van der Waals surface area contributed by atoms with E-state index in [1.807, 2.05) is 42.5 Å². The molecule has 2 aliphatic heterocycles. The molecule has 2 aliphatic rings. The van der Waals surface area contributed by atoms with Crippen molar-refractivity contribution in [3.05, 3.63) is 83.2 Å². The van der Waals surface area contributed by atoms with Gasteiger partial charge in [0.05, 0.1) is 30.5 Å². The minimum Gasteiger partial charge on any atom is -0.497 e. The number of hydrogen-bond acceptors (Lipinski definition) is 6. The molecule has 0 bridgehead atoms. The van der Waals surface area contributed by atoms with Gasteiger partial charge in [-0.05, 0) is 84.8 Å². The Morgan fingerprint density at radius 1 is 1.06 bits per heavy atom. The van der Waals surface area contributed by atoms with Gasteiger partial charge in [-0.3, -0.25) is 9.69 Å². The smallest absolute Gasteiger partial charge is 0.267 e. The molecular weight excluding hydrogens is 434 g/mol. The number of furan rings is 1. The third-order valence-electron chi connectivity index (χ3n) is 5.74.